The monoisotopic (exact) mass is 287 g/mol. The first-order chi connectivity index (χ1) is 8.39. The van der Waals surface area contributed by atoms with E-state index in [1.807, 2.05) is 0 Å². The molecule has 0 aromatic heterocycles. The van der Waals surface area contributed by atoms with E-state index in [0.717, 1.165) is 6.42 Å². The number of nitrogens with zero attached hydrogens (tertiary/aromatic N) is 1. The molecular formula is C13H15Cl2NO2. The fourth-order valence-electron chi connectivity index (χ4n) is 2.23. The SMILES string of the molecule is CC1(O)CCCN(C(=O)c2ccc(Cl)cc2Cl)C1. The van der Waals surface area contributed by atoms with Crippen molar-refractivity contribution in [1.82, 2.24) is 4.90 Å². The third kappa shape index (κ3) is 2.97. The molecule has 1 aliphatic heterocycles. The van der Waals surface area contributed by atoms with Gasteiger partial charge in [0.05, 0.1) is 16.2 Å². The average molecular weight is 288 g/mol. The zero-order chi connectivity index (χ0) is 13.3. The predicted octanol–water partition coefficient (Wildman–Crippen LogP) is 2.98. The third-order valence-corrected chi connectivity index (χ3v) is 3.67. The molecule has 3 nitrogen and oxygen atoms in total. The highest BCUT2D eigenvalue weighted by molar-refractivity contribution is 6.36. The molecule has 2 rings (SSSR count). The van der Waals surface area contributed by atoms with Crippen molar-refractivity contribution in [2.24, 2.45) is 0 Å². The molecule has 1 aromatic rings. The van der Waals surface area contributed by atoms with Crippen LogP contribution in [-0.2, 0) is 0 Å². The summed E-state index contributed by atoms with van der Waals surface area (Å²) in [6, 6.07) is 4.82. The van der Waals surface area contributed by atoms with E-state index in [0.29, 0.717) is 35.1 Å². The number of likely N-dealkylation sites (tertiary alicyclic amines) is 1. The van der Waals surface area contributed by atoms with Gasteiger partial charge in [0, 0.05) is 18.1 Å². The molecule has 98 valence electrons. The lowest BCUT2D eigenvalue weighted by Crippen LogP contribution is -2.48. The number of benzene rings is 1. The Labute approximate surface area is 116 Å². The topological polar surface area (TPSA) is 40.5 Å². The van der Waals surface area contributed by atoms with Gasteiger partial charge in [-0.25, -0.2) is 0 Å². The summed E-state index contributed by atoms with van der Waals surface area (Å²) >= 11 is 11.8. The predicted molar refractivity (Wildman–Crippen MR) is 72.2 cm³/mol. The summed E-state index contributed by atoms with van der Waals surface area (Å²) in [5, 5.41) is 10.9. The van der Waals surface area contributed by atoms with Crippen molar-refractivity contribution in [1.29, 1.82) is 0 Å². The van der Waals surface area contributed by atoms with Gasteiger partial charge in [-0.05, 0) is 38.0 Å². The van der Waals surface area contributed by atoms with Gasteiger partial charge in [0.25, 0.3) is 5.91 Å². The van der Waals surface area contributed by atoms with Crippen LogP contribution in [-0.4, -0.2) is 34.6 Å². The molecule has 1 heterocycles. The van der Waals surface area contributed by atoms with E-state index >= 15 is 0 Å². The Morgan fingerprint density at radius 1 is 1.44 bits per heavy atom. The van der Waals surface area contributed by atoms with Crippen molar-refractivity contribution in [3.05, 3.63) is 33.8 Å². The first kappa shape index (κ1) is 13.7. The standard InChI is InChI=1S/C13H15Cl2NO2/c1-13(18)5-2-6-16(8-13)12(17)10-4-3-9(14)7-11(10)15/h3-4,7,18H,2,5-6,8H2,1H3. The van der Waals surface area contributed by atoms with Crippen molar-refractivity contribution >= 4 is 29.1 Å². The molecule has 1 aromatic carbocycles. The van der Waals surface area contributed by atoms with Gasteiger partial charge in [0.2, 0.25) is 0 Å². The minimum Gasteiger partial charge on any atom is -0.388 e. The number of rotatable bonds is 1. The summed E-state index contributed by atoms with van der Waals surface area (Å²) in [6.45, 7) is 2.73. The number of aliphatic hydroxyl groups is 1. The molecular weight excluding hydrogens is 273 g/mol. The second-order valence-electron chi connectivity index (χ2n) is 4.95. The van der Waals surface area contributed by atoms with Crippen LogP contribution < -0.4 is 0 Å². The van der Waals surface area contributed by atoms with Crippen LogP contribution in [0.2, 0.25) is 10.0 Å². The van der Waals surface area contributed by atoms with Crippen LogP contribution in [0.3, 0.4) is 0 Å². The summed E-state index contributed by atoms with van der Waals surface area (Å²) < 4.78 is 0. The van der Waals surface area contributed by atoms with E-state index in [-0.39, 0.29) is 5.91 Å². The highest BCUT2D eigenvalue weighted by atomic mass is 35.5. The van der Waals surface area contributed by atoms with Gasteiger partial charge in [-0.15, -0.1) is 0 Å². The number of amides is 1. The highest BCUT2D eigenvalue weighted by Crippen LogP contribution is 2.26. The van der Waals surface area contributed by atoms with Gasteiger partial charge in [-0.2, -0.15) is 0 Å². The van der Waals surface area contributed by atoms with Gasteiger partial charge in [-0.3, -0.25) is 4.79 Å². The number of carbonyl (C=O) groups excluding carboxylic acids is 1. The zero-order valence-corrected chi connectivity index (χ0v) is 11.6. The second-order valence-corrected chi connectivity index (χ2v) is 5.80. The van der Waals surface area contributed by atoms with E-state index < -0.39 is 5.60 Å². The summed E-state index contributed by atoms with van der Waals surface area (Å²) in [5.41, 5.74) is -0.383. The molecule has 0 spiro atoms. The van der Waals surface area contributed by atoms with Crippen LogP contribution in [0.15, 0.2) is 18.2 Å². The van der Waals surface area contributed by atoms with Crippen LogP contribution in [0.25, 0.3) is 0 Å². The van der Waals surface area contributed by atoms with Crippen molar-refractivity contribution < 1.29 is 9.90 Å². The summed E-state index contributed by atoms with van der Waals surface area (Å²) in [6.07, 6.45) is 1.51. The molecule has 1 N–H and O–H groups in total. The number of piperidine rings is 1. The first-order valence-electron chi connectivity index (χ1n) is 5.86. The van der Waals surface area contributed by atoms with Gasteiger partial charge in [0.1, 0.15) is 0 Å². The molecule has 0 saturated carbocycles. The van der Waals surface area contributed by atoms with Crippen molar-refractivity contribution in [3.8, 4) is 0 Å². The van der Waals surface area contributed by atoms with E-state index in [2.05, 4.69) is 0 Å². The largest absolute Gasteiger partial charge is 0.388 e. The fraction of sp³-hybridized carbons (Fsp3) is 0.462. The molecule has 0 radical (unpaired) electrons. The smallest absolute Gasteiger partial charge is 0.255 e. The van der Waals surface area contributed by atoms with E-state index in [1.54, 1.807) is 30.0 Å². The lowest BCUT2D eigenvalue weighted by molar-refractivity contribution is -0.0107. The fourth-order valence-corrected chi connectivity index (χ4v) is 2.72. The summed E-state index contributed by atoms with van der Waals surface area (Å²) in [4.78, 5) is 13.9. The maximum absolute atomic E-state index is 12.3. The van der Waals surface area contributed by atoms with Crippen molar-refractivity contribution in [2.75, 3.05) is 13.1 Å². The van der Waals surface area contributed by atoms with Crippen LogP contribution >= 0.6 is 23.2 Å². The van der Waals surface area contributed by atoms with Crippen molar-refractivity contribution in [3.63, 3.8) is 0 Å². The van der Waals surface area contributed by atoms with E-state index in [1.165, 1.54) is 0 Å². The van der Waals surface area contributed by atoms with Crippen LogP contribution in [0.5, 0.6) is 0 Å². The minimum atomic E-state index is -0.813. The zero-order valence-electron chi connectivity index (χ0n) is 10.1. The third-order valence-electron chi connectivity index (χ3n) is 3.12. The molecule has 0 bridgehead atoms. The Morgan fingerprint density at radius 2 is 2.17 bits per heavy atom. The molecule has 5 heteroatoms. The molecule has 1 saturated heterocycles. The van der Waals surface area contributed by atoms with Crippen LogP contribution in [0, 0.1) is 0 Å². The maximum Gasteiger partial charge on any atom is 0.255 e. The normalized spacial score (nSPS) is 24.1. The molecule has 0 aliphatic carbocycles. The van der Waals surface area contributed by atoms with E-state index in [9.17, 15) is 9.90 Å². The Morgan fingerprint density at radius 3 is 2.78 bits per heavy atom. The quantitative estimate of drug-likeness (QED) is 0.863. The Hall–Kier alpha value is -0.770. The second kappa shape index (κ2) is 5.08. The summed E-state index contributed by atoms with van der Waals surface area (Å²) in [7, 11) is 0. The molecule has 18 heavy (non-hydrogen) atoms. The van der Waals surface area contributed by atoms with Crippen molar-refractivity contribution in [2.45, 2.75) is 25.4 Å². The molecule has 1 amide bonds. The molecule has 1 atom stereocenters. The number of carbonyl (C=O) groups is 1. The average Bonchev–Trinajstić information content (AvgIpc) is 2.27. The highest BCUT2D eigenvalue weighted by Gasteiger charge is 2.31. The van der Waals surface area contributed by atoms with Gasteiger partial charge >= 0.3 is 0 Å². The maximum atomic E-state index is 12.3. The Balaban J connectivity index is 2.20. The Kier molecular flexibility index (Phi) is 3.85. The van der Waals surface area contributed by atoms with Gasteiger partial charge in [-0.1, -0.05) is 23.2 Å². The van der Waals surface area contributed by atoms with E-state index in [4.69, 9.17) is 23.2 Å². The van der Waals surface area contributed by atoms with Gasteiger partial charge in [0.15, 0.2) is 0 Å². The first-order valence-corrected chi connectivity index (χ1v) is 6.61. The summed E-state index contributed by atoms with van der Waals surface area (Å²) in [5.74, 6) is -0.156. The Bertz CT molecular complexity index is 474. The molecule has 1 fully saturated rings. The number of halogens is 2. The lowest BCUT2D eigenvalue weighted by Gasteiger charge is -2.37. The molecule has 1 aliphatic rings. The van der Waals surface area contributed by atoms with Crippen LogP contribution in [0.4, 0.5) is 0 Å². The number of β-amino-alcohol motifs (C(OH)–C–C–N with tert-alkyl or cyclic N) is 1. The van der Waals surface area contributed by atoms with Crippen LogP contribution in [0.1, 0.15) is 30.1 Å². The van der Waals surface area contributed by atoms with Gasteiger partial charge < -0.3 is 10.0 Å². The number of hydrogen-bond donors (Lipinski definition) is 1. The minimum absolute atomic E-state index is 0.156. The molecule has 1 unspecified atom stereocenters. The lowest BCUT2D eigenvalue weighted by atomic mass is 9.94. The number of hydrogen-bond acceptors (Lipinski definition) is 2.